The highest BCUT2D eigenvalue weighted by Gasteiger charge is 2.24. The second-order valence-electron chi connectivity index (χ2n) is 6.26. The van der Waals surface area contributed by atoms with Crippen molar-refractivity contribution < 1.29 is 23.8 Å². The number of nitrogens with one attached hydrogen (secondary N) is 1. The smallest absolute Gasteiger partial charge is 0.343 e. The van der Waals surface area contributed by atoms with Crippen LogP contribution in [0.15, 0.2) is 40.2 Å². The number of benzene rings is 2. The second kappa shape index (κ2) is 10.4. The van der Waals surface area contributed by atoms with Gasteiger partial charge in [0, 0.05) is 5.02 Å². The van der Waals surface area contributed by atoms with Crippen molar-refractivity contribution in [1.82, 2.24) is 5.32 Å². The number of carbonyl (C=O) groups excluding carboxylic acids is 2. The number of amidine groups is 1. The predicted molar refractivity (Wildman–Crippen MR) is 130 cm³/mol. The summed E-state index contributed by atoms with van der Waals surface area (Å²) in [5, 5.41) is 3.85. The number of aliphatic imine (C=N–C) groups is 1. The van der Waals surface area contributed by atoms with Gasteiger partial charge in [-0.1, -0.05) is 17.7 Å². The van der Waals surface area contributed by atoms with Crippen molar-refractivity contribution >= 4 is 74.8 Å². The molecule has 0 aromatic heterocycles. The number of ether oxygens (including phenoxy) is 3. The van der Waals surface area contributed by atoms with E-state index in [2.05, 4.69) is 37.6 Å². The summed E-state index contributed by atoms with van der Waals surface area (Å²) in [6.45, 7) is 1.64. The summed E-state index contributed by atoms with van der Waals surface area (Å²) in [7, 11) is 2.79. The molecule has 2 aromatic carbocycles. The summed E-state index contributed by atoms with van der Waals surface area (Å²) in [6, 6.07) is 8.99. The maximum atomic E-state index is 12.4. The quantitative estimate of drug-likeness (QED) is 0.307. The number of rotatable bonds is 6. The maximum absolute atomic E-state index is 12.4. The molecule has 31 heavy (non-hydrogen) atoms. The Bertz CT molecular complexity index is 1100. The van der Waals surface area contributed by atoms with Crippen LogP contribution in [0.4, 0.5) is 5.69 Å². The average Bonchev–Trinajstić information content (AvgIpc) is 3.08. The number of esters is 1. The normalized spacial score (nSPS) is 15.8. The van der Waals surface area contributed by atoms with Crippen molar-refractivity contribution in [3.8, 4) is 11.5 Å². The second-order valence-corrected chi connectivity index (χ2v) is 8.86. The standard InChI is InChI=1S/C21H18ClIN2O5S/c1-11-13(22)5-4-6-15(11)24-21-25-20(27)17(31-21)9-12-7-14(23)19(16(8-12)28-2)30-10-18(26)29-3/h4-9H,10H2,1-3H3,(H,24,25,27)/b17-9+. The van der Waals surface area contributed by atoms with Gasteiger partial charge < -0.3 is 19.5 Å². The Morgan fingerprint density at radius 3 is 2.81 bits per heavy atom. The third kappa shape index (κ3) is 5.72. The molecule has 1 aliphatic heterocycles. The number of hydrogen-bond acceptors (Lipinski definition) is 7. The molecule has 0 saturated carbocycles. The first-order valence-corrected chi connectivity index (χ1v) is 11.2. The Labute approximate surface area is 202 Å². The molecule has 1 N–H and O–H groups in total. The molecule has 1 aliphatic rings. The Balaban J connectivity index is 1.85. The maximum Gasteiger partial charge on any atom is 0.343 e. The van der Waals surface area contributed by atoms with Crippen molar-refractivity contribution in [2.24, 2.45) is 4.99 Å². The fraction of sp³-hybridized carbons (Fsp3) is 0.190. The molecular weight excluding hydrogens is 555 g/mol. The van der Waals surface area contributed by atoms with Crippen molar-refractivity contribution in [2.45, 2.75) is 6.92 Å². The summed E-state index contributed by atoms with van der Waals surface area (Å²) in [4.78, 5) is 28.8. The number of halogens is 2. The number of nitrogens with zero attached hydrogens (tertiary/aromatic N) is 1. The van der Waals surface area contributed by atoms with Gasteiger partial charge in [-0.2, -0.15) is 0 Å². The van der Waals surface area contributed by atoms with Gasteiger partial charge in [-0.25, -0.2) is 9.79 Å². The van der Waals surface area contributed by atoms with Crippen LogP contribution in [0.3, 0.4) is 0 Å². The predicted octanol–water partition coefficient (Wildman–Crippen LogP) is 4.71. The summed E-state index contributed by atoms with van der Waals surface area (Å²) in [5.74, 6) is 0.126. The minimum Gasteiger partial charge on any atom is -0.493 e. The van der Waals surface area contributed by atoms with Gasteiger partial charge in [0.25, 0.3) is 5.91 Å². The van der Waals surface area contributed by atoms with E-state index in [0.29, 0.717) is 32.3 Å². The van der Waals surface area contributed by atoms with Crippen LogP contribution in [0.2, 0.25) is 5.02 Å². The molecule has 1 fully saturated rings. The first-order chi connectivity index (χ1) is 14.8. The molecule has 1 amide bonds. The number of thioether (sulfide) groups is 1. The van der Waals surface area contributed by atoms with E-state index in [1.807, 2.05) is 25.1 Å². The van der Waals surface area contributed by atoms with Crippen LogP contribution in [0.1, 0.15) is 11.1 Å². The molecule has 1 saturated heterocycles. The first-order valence-electron chi connectivity index (χ1n) is 8.94. The van der Waals surface area contributed by atoms with E-state index in [0.717, 1.165) is 14.7 Å². The summed E-state index contributed by atoms with van der Waals surface area (Å²) in [5.41, 5.74) is 2.27. The lowest BCUT2D eigenvalue weighted by Gasteiger charge is -2.13. The molecule has 10 heteroatoms. The lowest BCUT2D eigenvalue weighted by Crippen LogP contribution is -2.19. The van der Waals surface area contributed by atoms with Crippen LogP contribution < -0.4 is 14.8 Å². The van der Waals surface area contributed by atoms with Gasteiger partial charge in [0.05, 0.1) is 28.4 Å². The molecule has 0 radical (unpaired) electrons. The van der Waals surface area contributed by atoms with E-state index < -0.39 is 5.97 Å². The van der Waals surface area contributed by atoms with Crippen LogP contribution in [0.5, 0.6) is 11.5 Å². The number of carbonyl (C=O) groups is 2. The molecule has 7 nitrogen and oxygen atoms in total. The van der Waals surface area contributed by atoms with E-state index >= 15 is 0 Å². The van der Waals surface area contributed by atoms with Crippen molar-refractivity contribution in [1.29, 1.82) is 0 Å². The number of hydrogen-bond donors (Lipinski definition) is 1. The first kappa shape index (κ1) is 23.4. The zero-order valence-corrected chi connectivity index (χ0v) is 20.6. The van der Waals surface area contributed by atoms with Crippen molar-refractivity contribution in [3.05, 3.63) is 55.0 Å². The minimum atomic E-state index is -0.496. The van der Waals surface area contributed by atoms with Gasteiger partial charge in [0.1, 0.15) is 0 Å². The van der Waals surface area contributed by atoms with Crippen LogP contribution >= 0.6 is 46.0 Å². The molecular formula is C21H18ClIN2O5S. The van der Waals surface area contributed by atoms with Crippen molar-refractivity contribution in [2.75, 3.05) is 20.8 Å². The Morgan fingerprint density at radius 2 is 2.10 bits per heavy atom. The highest BCUT2D eigenvalue weighted by molar-refractivity contribution is 14.1. The Morgan fingerprint density at radius 1 is 1.32 bits per heavy atom. The zero-order chi connectivity index (χ0) is 22.5. The van der Waals surface area contributed by atoms with Gasteiger partial charge in [-0.15, -0.1) is 0 Å². The van der Waals surface area contributed by atoms with Gasteiger partial charge in [-0.3, -0.25) is 4.79 Å². The fourth-order valence-corrected chi connectivity index (χ4v) is 4.40. The topological polar surface area (TPSA) is 86.2 Å². The SMILES string of the molecule is COC(=O)COc1c(I)cc(/C=C2/SC(=Nc3cccc(Cl)c3C)NC2=O)cc1OC. The molecule has 2 aromatic rings. The lowest BCUT2D eigenvalue weighted by atomic mass is 10.2. The summed E-state index contributed by atoms with van der Waals surface area (Å²) >= 11 is 9.46. The van der Waals surface area contributed by atoms with Gasteiger partial charge in [-0.05, 0) is 82.7 Å². The van der Waals surface area contributed by atoms with Crippen LogP contribution in [0, 0.1) is 10.5 Å². The average molecular weight is 573 g/mol. The van der Waals surface area contributed by atoms with Crippen LogP contribution in [0.25, 0.3) is 6.08 Å². The van der Waals surface area contributed by atoms with E-state index in [-0.39, 0.29) is 12.5 Å². The molecule has 0 atom stereocenters. The molecule has 0 spiro atoms. The highest BCUT2D eigenvalue weighted by atomic mass is 127. The van der Waals surface area contributed by atoms with Gasteiger partial charge in [0.15, 0.2) is 23.3 Å². The monoisotopic (exact) mass is 572 g/mol. The van der Waals surface area contributed by atoms with E-state index in [1.165, 1.54) is 26.0 Å². The molecule has 0 aliphatic carbocycles. The number of methoxy groups -OCH3 is 2. The van der Waals surface area contributed by atoms with E-state index in [1.54, 1.807) is 18.2 Å². The van der Waals surface area contributed by atoms with Crippen molar-refractivity contribution in [3.63, 3.8) is 0 Å². The Hall–Kier alpha value is -2.24. The van der Waals surface area contributed by atoms with Gasteiger partial charge in [0.2, 0.25) is 0 Å². The summed E-state index contributed by atoms with van der Waals surface area (Å²) in [6.07, 6.45) is 1.74. The van der Waals surface area contributed by atoms with Crippen LogP contribution in [-0.4, -0.2) is 37.9 Å². The zero-order valence-electron chi connectivity index (χ0n) is 16.8. The Kier molecular flexibility index (Phi) is 7.84. The molecule has 3 rings (SSSR count). The molecule has 162 valence electrons. The van der Waals surface area contributed by atoms with E-state index in [9.17, 15) is 9.59 Å². The van der Waals surface area contributed by atoms with Crippen LogP contribution in [-0.2, 0) is 14.3 Å². The largest absolute Gasteiger partial charge is 0.493 e. The molecule has 0 bridgehead atoms. The minimum absolute atomic E-state index is 0.232. The van der Waals surface area contributed by atoms with Gasteiger partial charge >= 0.3 is 5.97 Å². The lowest BCUT2D eigenvalue weighted by molar-refractivity contribution is -0.143. The number of amides is 1. The van der Waals surface area contributed by atoms with E-state index in [4.69, 9.17) is 21.1 Å². The fourth-order valence-electron chi connectivity index (χ4n) is 2.61. The molecule has 1 heterocycles. The highest BCUT2D eigenvalue weighted by Crippen LogP contribution is 2.36. The molecule has 0 unspecified atom stereocenters. The third-order valence-electron chi connectivity index (χ3n) is 4.22. The third-order valence-corrected chi connectivity index (χ3v) is 6.34. The summed E-state index contributed by atoms with van der Waals surface area (Å²) < 4.78 is 16.2.